The van der Waals surface area contributed by atoms with E-state index in [0.717, 1.165) is 0 Å². The Labute approximate surface area is 74.3 Å². The summed E-state index contributed by atoms with van der Waals surface area (Å²) in [6, 6.07) is 0. The van der Waals surface area contributed by atoms with Crippen LogP contribution in [0.15, 0.2) is 24.4 Å². The van der Waals surface area contributed by atoms with Gasteiger partial charge in [0.2, 0.25) is 0 Å². The molecule has 0 heterocycles. The summed E-state index contributed by atoms with van der Waals surface area (Å²) >= 11 is 0. The smallest absolute Gasteiger partial charge is 0.252 e. The standard InChI is InChI=1S/C7H12N2O.C2H6/c1-3-6(5-8)7(10)9-4-2;1-2/h3-4H,2,5,8H2,1H3,(H,9,10);1-2H3/b6-3-;. The van der Waals surface area contributed by atoms with Gasteiger partial charge in [0.15, 0.2) is 0 Å². The number of carbonyl (C=O) groups is 1. The van der Waals surface area contributed by atoms with E-state index in [2.05, 4.69) is 11.9 Å². The summed E-state index contributed by atoms with van der Waals surface area (Å²) in [6.07, 6.45) is 3.01. The summed E-state index contributed by atoms with van der Waals surface area (Å²) in [5.41, 5.74) is 5.82. The van der Waals surface area contributed by atoms with Crippen LogP contribution in [-0.2, 0) is 4.79 Å². The normalized spacial score (nSPS) is 9.50. The maximum atomic E-state index is 10.9. The second-order valence-electron chi connectivity index (χ2n) is 1.70. The second-order valence-corrected chi connectivity index (χ2v) is 1.70. The highest BCUT2D eigenvalue weighted by Crippen LogP contribution is 1.89. The van der Waals surface area contributed by atoms with E-state index < -0.39 is 0 Å². The second kappa shape index (κ2) is 9.91. The summed E-state index contributed by atoms with van der Waals surface area (Å²) in [7, 11) is 0. The lowest BCUT2D eigenvalue weighted by molar-refractivity contribution is -0.116. The predicted octanol–water partition coefficient (Wildman–Crippen LogP) is 1.18. The molecule has 0 aliphatic carbocycles. The minimum absolute atomic E-state index is 0.181. The van der Waals surface area contributed by atoms with Gasteiger partial charge in [-0.2, -0.15) is 0 Å². The van der Waals surface area contributed by atoms with E-state index in [1.54, 1.807) is 13.0 Å². The lowest BCUT2D eigenvalue weighted by Crippen LogP contribution is -2.23. The van der Waals surface area contributed by atoms with Gasteiger partial charge in [0.25, 0.3) is 5.91 Å². The molecule has 0 unspecified atom stereocenters. The van der Waals surface area contributed by atoms with Crippen molar-refractivity contribution >= 4 is 5.91 Å². The Morgan fingerprint density at radius 2 is 2.08 bits per heavy atom. The molecule has 0 saturated carbocycles. The molecule has 0 radical (unpaired) electrons. The number of hydrogen-bond donors (Lipinski definition) is 2. The number of carbonyl (C=O) groups excluding carboxylic acids is 1. The Bertz CT molecular complexity index is 162. The molecule has 12 heavy (non-hydrogen) atoms. The Kier molecular flexibility index (Phi) is 11.1. The van der Waals surface area contributed by atoms with E-state index in [4.69, 9.17) is 5.73 Å². The fourth-order valence-electron chi connectivity index (χ4n) is 0.527. The van der Waals surface area contributed by atoms with Crippen molar-refractivity contribution in [3.05, 3.63) is 24.4 Å². The van der Waals surface area contributed by atoms with Crippen LogP contribution < -0.4 is 11.1 Å². The molecule has 0 aromatic heterocycles. The van der Waals surface area contributed by atoms with Gasteiger partial charge in [-0.15, -0.1) is 0 Å². The van der Waals surface area contributed by atoms with Gasteiger partial charge in [-0.05, 0) is 13.1 Å². The summed E-state index contributed by atoms with van der Waals surface area (Å²) in [6.45, 7) is 9.38. The molecule has 70 valence electrons. The first-order valence-electron chi connectivity index (χ1n) is 4.03. The fraction of sp³-hybridized carbons (Fsp3) is 0.444. The van der Waals surface area contributed by atoms with Gasteiger partial charge < -0.3 is 11.1 Å². The van der Waals surface area contributed by atoms with Crippen LogP contribution in [0.4, 0.5) is 0 Å². The zero-order valence-corrected chi connectivity index (χ0v) is 8.05. The highest BCUT2D eigenvalue weighted by atomic mass is 16.1. The van der Waals surface area contributed by atoms with Crippen LogP contribution in [0.5, 0.6) is 0 Å². The fourth-order valence-corrected chi connectivity index (χ4v) is 0.527. The molecule has 3 nitrogen and oxygen atoms in total. The van der Waals surface area contributed by atoms with E-state index in [1.807, 2.05) is 13.8 Å². The van der Waals surface area contributed by atoms with Crippen LogP contribution in [0.3, 0.4) is 0 Å². The SMILES string of the molecule is C=CNC(=O)/C(=C\C)CN.CC. The van der Waals surface area contributed by atoms with Gasteiger partial charge >= 0.3 is 0 Å². The maximum absolute atomic E-state index is 10.9. The van der Waals surface area contributed by atoms with E-state index in [-0.39, 0.29) is 12.5 Å². The highest BCUT2D eigenvalue weighted by Gasteiger charge is 2.01. The quantitative estimate of drug-likeness (QED) is 0.625. The minimum Gasteiger partial charge on any atom is -0.329 e. The Hall–Kier alpha value is -1.09. The number of hydrogen-bond acceptors (Lipinski definition) is 2. The summed E-state index contributed by atoms with van der Waals surface area (Å²) < 4.78 is 0. The van der Waals surface area contributed by atoms with E-state index in [1.165, 1.54) is 6.20 Å². The minimum atomic E-state index is -0.181. The molecule has 0 spiro atoms. The average Bonchev–Trinajstić information content (AvgIpc) is 2.11. The Morgan fingerprint density at radius 3 is 2.33 bits per heavy atom. The van der Waals surface area contributed by atoms with Crippen LogP contribution in [0.25, 0.3) is 0 Å². The van der Waals surface area contributed by atoms with Gasteiger partial charge in [-0.3, -0.25) is 4.79 Å². The van der Waals surface area contributed by atoms with E-state index in [9.17, 15) is 4.79 Å². The molecule has 0 aromatic rings. The largest absolute Gasteiger partial charge is 0.329 e. The van der Waals surface area contributed by atoms with Gasteiger partial charge in [0.05, 0.1) is 0 Å². The van der Waals surface area contributed by atoms with Crippen LogP contribution in [0.1, 0.15) is 20.8 Å². The van der Waals surface area contributed by atoms with E-state index in [0.29, 0.717) is 5.57 Å². The summed E-state index contributed by atoms with van der Waals surface area (Å²) in [5.74, 6) is -0.181. The third kappa shape index (κ3) is 5.68. The number of allylic oxidation sites excluding steroid dienone is 1. The molecular formula is C9H18N2O. The Morgan fingerprint density at radius 1 is 1.58 bits per heavy atom. The lowest BCUT2D eigenvalue weighted by atomic mass is 10.2. The van der Waals surface area contributed by atoms with Crippen molar-refractivity contribution in [2.45, 2.75) is 20.8 Å². The number of nitrogens with one attached hydrogen (secondary N) is 1. The van der Waals surface area contributed by atoms with Crippen molar-refractivity contribution in [2.75, 3.05) is 6.54 Å². The molecule has 0 rings (SSSR count). The summed E-state index contributed by atoms with van der Waals surface area (Å²) in [5, 5.41) is 2.42. The highest BCUT2D eigenvalue weighted by molar-refractivity contribution is 5.94. The van der Waals surface area contributed by atoms with Crippen molar-refractivity contribution in [2.24, 2.45) is 5.73 Å². The topological polar surface area (TPSA) is 55.1 Å². The van der Waals surface area contributed by atoms with Gasteiger partial charge in [0, 0.05) is 12.1 Å². The Balaban J connectivity index is 0. The molecular weight excluding hydrogens is 152 g/mol. The third-order valence-electron chi connectivity index (χ3n) is 1.09. The first-order valence-corrected chi connectivity index (χ1v) is 4.03. The monoisotopic (exact) mass is 170 g/mol. The van der Waals surface area contributed by atoms with Gasteiger partial charge in [-0.25, -0.2) is 0 Å². The van der Waals surface area contributed by atoms with Crippen molar-refractivity contribution in [3.8, 4) is 0 Å². The first kappa shape index (κ1) is 13.5. The molecule has 0 aromatic carbocycles. The molecule has 3 heteroatoms. The van der Waals surface area contributed by atoms with Crippen molar-refractivity contribution in [3.63, 3.8) is 0 Å². The zero-order chi connectivity index (χ0) is 9.98. The van der Waals surface area contributed by atoms with Gasteiger partial charge in [0.1, 0.15) is 0 Å². The van der Waals surface area contributed by atoms with Crippen molar-refractivity contribution in [1.29, 1.82) is 0 Å². The van der Waals surface area contributed by atoms with Crippen molar-refractivity contribution in [1.82, 2.24) is 5.32 Å². The van der Waals surface area contributed by atoms with Crippen molar-refractivity contribution < 1.29 is 4.79 Å². The maximum Gasteiger partial charge on any atom is 0.252 e. The molecule has 0 aliphatic heterocycles. The lowest BCUT2D eigenvalue weighted by Gasteiger charge is -1.99. The third-order valence-corrected chi connectivity index (χ3v) is 1.09. The molecule has 3 N–H and O–H groups in total. The van der Waals surface area contributed by atoms with Gasteiger partial charge in [-0.1, -0.05) is 26.5 Å². The molecule has 0 atom stereocenters. The van der Waals surface area contributed by atoms with Crippen LogP contribution in [0.2, 0.25) is 0 Å². The number of amides is 1. The average molecular weight is 170 g/mol. The molecule has 1 amide bonds. The zero-order valence-electron chi connectivity index (χ0n) is 8.05. The predicted molar refractivity (Wildman–Crippen MR) is 52.5 cm³/mol. The molecule has 0 aliphatic rings. The molecule has 0 saturated heterocycles. The van der Waals surface area contributed by atoms with Crippen LogP contribution >= 0.6 is 0 Å². The molecule has 0 fully saturated rings. The molecule has 0 bridgehead atoms. The number of rotatable bonds is 3. The summed E-state index contributed by atoms with van der Waals surface area (Å²) in [4.78, 5) is 10.9. The van der Waals surface area contributed by atoms with Crippen LogP contribution in [0, 0.1) is 0 Å². The van der Waals surface area contributed by atoms with E-state index >= 15 is 0 Å². The van der Waals surface area contributed by atoms with Crippen LogP contribution in [-0.4, -0.2) is 12.5 Å². The first-order chi connectivity index (χ1) is 5.76. The number of nitrogens with two attached hydrogens (primary N) is 1.